The lowest BCUT2D eigenvalue weighted by Crippen LogP contribution is -2.15. The molecule has 0 aliphatic rings. The average Bonchev–Trinajstić information content (AvgIpc) is 2.43. The molecule has 0 fully saturated rings. The van der Waals surface area contributed by atoms with Gasteiger partial charge < -0.3 is 5.73 Å². The van der Waals surface area contributed by atoms with Crippen LogP contribution in [0.4, 0.5) is 10.1 Å². The third-order valence-corrected chi connectivity index (χ3v) is 4.94. The molecule has 0 saturated carbocycles. The molecule has 0 atom stereocenters. The van der Waals surface area contributed by atoms with Crippen LogP contribution >= 0.6 is 23.2 Å². The monoisotopic (exact) mass is 348 g/mol. The van der Waals surface area contributed by atoms with Crippen LogP contribution in [0.15, 0.2) is 41.3 Å². The topological polar surface area (TPSA) is 72.2 Å². The van der Waals surface area contributed by atoms with Crippen molar-refractivity contribution >= 4 is 38.9 Å². The number of hydrogen-bond acceptors (Lipinski definition) is 3. The van der Waals surface area contributed by atoms with E-state index in [4.69, 9.17) is 28.9 Å². The van der Waals surface area contributed by atoms with E-state index in [9.17, 15) is 12.8 Å². The Labute approximate surface area is 131 Å². The quantitative estimate of drug-likeness (QED) is 0.889. The van der Waals surface area contributed by atoms with Crippen molar-refractivity contribution in [2.45, 2.75) is 11.4 Å². The number of anilines is 1. The molecule has 0 aliphatic heterocycles. The minimum Gasteiger partial charge on any atom is -0.326 e. The Morgan fingerprint density at radius 1 is 1.19 bits per heavy atom. The van der Waals surface area contributed by atoms with Crippen LogP contribution in [0.1, 0.15) is 5.56 Å². The van der Waals surface area contributed by atoms with Crippen molar-refractivity contribution in [3.8, 4) is 0 Å². The van der Waals surface area contributed by atoms with Crippen LogP contribution in [0.5, 0.6) is 0 Å². The fourth-order valence-electron chi connectivity index (χ4n) is 1.67. The van der Waals surface area contributed by atoms with Crippen molar-refractivity contribution in [1.29, 1.82) is 0 Å². The van der Waals surface area contributed by atoms with E-state index in [2.05, 4.69) is 4.72 Å². The highest BCUT2D eigenvalue weighted by Crippen LogP contribution is 2.31. The molecule has 2 aromatic carbocycles. The minimum absolute atomic E-state index is 0.0433. The fraction of sp³-hybridized carbons (Fsp3) is 0.0769. The number of halogens is 3. The van der Waals surface area contributed by atoms with E-state index >= 15 is 0 Å². The lowest BCUT2D eigenvalue weighted by atomic mass is 10.2. The number of benzene rings is 2. The van der Waals surface area contributed by atoms with Crippen molar-refractivity contribution in [2.24, 2.45) is 5.73 Å². The predicted octanol–water partition coefficient (Wildman–Crippen LogP) is 3.39. The molecule has 4 nitrogen and oxygen atoms in total. The van der Waals surface area contributed by atoms with E-state index < -0.39 is 20.7 Å². The van der Waals surface area contributed by atoms with E-state index in [0.29, 0.717) is 5.56 Å². The molecule has 0 bridgehead atoms. The van der Waals surface area contributed by atoms with Gasteiger partial charge in [-0.05, 0) is 29.8 Å². The zero-order valence-electron chi connectivity index (χ0n) is 10.6. The Balaban J connectivity index is 2.41. The van der Waals surface area contributed by atoms with Gasteiger partial charge in [0, 0.05) is 6.54 Å². The summed E-state index contributed by atoms with van der Waals surface area (Å²) in [5.41, 5.74) is 5.94. The van der Waals surface area contributed by atoms with Crippen molar-refractivity contribution in [2.75, 3.05) is 4.72 Å². The second-order valence-corrected chi connectivity index (χ2v) is 6.61. The Kier molecular flexibility index (Phi) is 4.73. The first kappa shape index (κ1) is 16.0. The lowest BCUT2D eigenvalue weighted by molar-refractivity contribution is 0.569. The number of sulfonamides is 1. The second-order valence-electron chi connectivity index (χ2n) is 4.18. The Morgan fingerprint density at radius 2 is 1.90 bits per heavy atom. The van der Waals surface area contributed by atoms with Gasteiger partial charge in [0.15, 0.2) is 0 Å². The third-order valence-electron chi connectivity index (χ3n) is 2.72. The zero-order valence-corrected chi connectivity index (χ0v) is 12.9. The van der Waals surface area contributed by atoms with Gasteiger partial charge in [-0.1, -0.05) is 35.3 Å². The van der Waals surface area contributed by atoms with Gasteiger partial charge in [0.25, 0.3) is 10.0 Å². The summed E-state index contributed by atoms with van der Waals surface area (Å²) < 4.78 is 40.5. The molecule has 0 radical (unpaired) electrons. The SMILES string of the molecule is NCc1ccc(S(=O)(=O)Nc2cccc(Cl)c2Cl)c(F)c1. The molecular weight excluding hydrogens is 338 g/mol. The number of rotatable bonds is 4. The van der Waals surface area contributed by atoms with Crippen LogP contribution in [-0.2, 0) is 16.6 Å². The average molecular weight is 349 g/mol. The normalized spacial score (nSPS) is 11.4. The maximum absolute atomic E-state index is 13.9. The maximum atomic E-state index is 13.9. The Hall–Kier alpha value is -1.34. The summed E-state index contributed by atoms with van der Waals surface area (Å²) in [5.74, 6) is -0.886. The van der Waals surface area contributed by atoms with Crippen molar-refractivity contribution in [1.82, 2.24) is 0 Å². The number of hydrogen-bond donors (Lipinski definition) is 2. The van der Waals surface area contributed by atoms with Gasteiger partial charge in [-0.15, -0.1) is 0 Å². The van der Waals surface area contributed by atoms with Crippen LogP contribution in [0.25, 0.3) is 0 Å². The van der Waals surface area contributed by atoms with Gasteiger partial charge in [0.2, 0.25) is 0 Å². The predicted molar refractivity (Wildman–Crippen MR) is 81.6 cm³/mol. The van der Waals surface area contributed by atoms with E-state index in [1.54, 1.807) is 0 Å². The summed E-state index contributed by atoms with van der Waals surface area (Å²) in [7, 11) is -4.12. The van der Waals surface area contributed by atoms with Gasteiger partial charge in [-0.2, -0.15) is 0 Å². The molecule has 0 heterocycles. The van der Waals surface area contributed by atoms with Gasteiger partial charge >= 0.3 is 0 Å². The molecule has 3 N–H and O–H groups in total. The summed E-state index contributed by atoms with van der Waals surface area (Å²) in [6.07, 6.45) is 0. The second kappa shape index (κ2) is 6.19. The number of nitrogens with one attached hydrogen (secondary N) is 1. The molecule has 0 spiro atoms. The van der Waals surface area contributed by atoms with Gasteiger partial charge in [-0.3, -0.25) is 4.72 Å². The van der Waals surface area contributed by atoms with Crippen molar-refractivity contribution in [3.05, 3.63) is 57.8 Å². The molecule has 0 aromatic heterocycles. The molecular formula is C13H11Cl2FN2O2S. The zero-order chi connectivity index (χ0) is 15.6. The van der Waals surface area contributed by atoms with Crippen LogP contribution in [0.2, 0.25) is 10.0 Å². The smallest absolute Gasteiger partial charge is 0.264 e. The Bertz CT molecular complexity index is 782. The highest BCUT2D eigenvalue weighted by molar-refractivity contribution is 7.92. The number of nitrogens with two attached hydrogens (primary N) is 1. The van der Waals surface area contributed by atoms with Crippen molar-refractivity contribution < 1.29 is 12.8 Å². The first-order chi connectivity index (χ1) is 9.85. The molecule has 8 heteroatoms. The van der Waals surface area contributed by atoms with E-state index in [1.165, 1.54) is 24.3 Å². The maximum Gasteiger partial charge on any atom is 0.264 e. The van der Waals surface area contributed by atoms with Crippen LogP contribution < -0.4 is 10.5 Å². The fourth-order valence-corrected chi connectivity index (χ4v) is 3.21. The van der Waals surface area contributed by atoms with Crippen LogP contribution in [0, 0.1) is 5.82 Å². The van der Waals surface area contributed by atoms with Gasteiger partial charge in [0.05, 0.1) is 15.7 Å². The molecule has 2 rings (SSSR count). The summed E-state index contributed by atoms with van der Waals surface area (Å²) in [4.78, 5) is -0.490. The minimum atomic E-state index is -4.12. The van der Waals surface area contributed by atoms with E-state index in [0.717, 1.165) is 12.1 Å². The molecule has 2 aromatic rings. The Morgan fingerprint density at radius 3 is 2.52 bits per heavy atom. The highest BCUT2D eigenvalue weighted by atomic mass is 35.5. The van der Waals surface area contributed by atoms with Crippen molar-refractivity contribution in [3.63, 3.8) is 0 Å². The molecule has 0 aliphatic carbocycles. The molecule has 0 saturated heterocycles. The first-order valence-electron chi connectivity index (χ1n) is 5.80. The molecule has 112 valence electrons. The van der Waals surface area contributed by atoms with E-state index in [-0.39, 0.29) is 22.3 Å². The van der Waals surface area contributed by atoms with E-state index in [1.807, 2.05) is 0 Å². The largest absolute Gasteiger partial charge is 0.326 e. The molecule has 0 unspecified atom stereocenters. The first-order valence-corrected chi connectivity index (χ1v) is 8.04. The van der Waals surface area contributed by atoms with Gasteiger partial charge in [0.1, 0.15) is 10.7 Å². The summed E-state index contributed by atoms with van der Waals surface area (Å²) in [6.45, 7) is 0.116. The summed E-state index contributed by atoms with van der Waals surface area (Å²) >= 11 is 11.7. The highest BCUT2D eigenvalue weighted by Gasteiger charge is 2.20. The molecule has 0 amide bonds. The standard InChI is InChI=1S/C13H11Cl2FN2O2S/c14-9-2-1-3-11(13(9)15)18-21(19,20)12-5-4-8(7-17)6-10(12)16/h1-6,18H,7,17H2. The van der Waals surface area contributed by atoms with Crippen LogP contribution in [0.3, 0.4) is 0 Å². The third kappa shape index (κ3) is 3.47. The van der Waals surface area contributed by atoms with Crippen LogP contribution in [-0.4, -0.2) is 8.42 Å². The van der Waals surface area contributed by atoms with Gasteiger partial charge in [-0.25, -0.2) is 12.8 Å². The molecule has 21 heavy (non-hydrogen) atoms. The summed E-state index contributed by atoms with van der Waals surface area (Å²) in [5, 5.41) is 0.234. The summed E-state index contributed by atoms with van der Waals surface area (Å²) in [6, 6.07) is 8.14. The lowest BCUT2D eigenvalue weighted by Gasteiger charge is -2.11.